The van der Waals surface area contributed by atoms with Crippen LogP contribution in [0.15, 0.2) is 47.4 Å². The maximum atomic E-state index is 12.5. The molecule has 1 aliphatic carbocycles. The van der Waals surface area contributed by atoms with Gasteiger partial charge in [-0.2, -0.15) is 0 Å². The second-order valence-corrected chi connectivity index (χ2v) is 8.09. The fraction of sp³-hybridized carbons (Fsp3) is 0.188. The molecule has 1 N–H and O–H groups in total. The molecule has 0 saturated heterocycles. The van der Waals surface area contributed by atoms with Crippen LogP contribution in [0.25, 0.3) is 10.2 Å². The maximum absolute atomic E-state index is 12.5. The van der Waals surface area contributed by atoms with E-state index in [0.717, 1.165) is 35.0 Å². The molecule has 0 spiro atoms. The first-order chi connectivity index (χ1) is 10.6. The van der Waals surface area contributed by atoms with Gasteiger partial charge in [0.25, 0.3) is 10.0 Å². The summed E-state index contributed by atoms with van der Waals surface area (Å²) in [6, 6.07) is 13.0. The molecule has 4 nitrogen and oxygen atoms in total. The summed E-state index contributed by atoms with van der Waals surface area (Å²) in [4.78, 5) is 4.64. The molecule has 0 unspecified atom stereocenters. The second-order valence-electron chi connectivity index (χ2n) is 5.38. The SMILES string of the molecule is O=S(=O)(Nc1nc2ccccc2s1)c1ccc2c(c1)CCC2. The van der Waals surface area contributed by atoms with Crippen molar-refractivity contribution in [3.8, 4) is 0 Å². The predicted molar refractivity (Wildman–Crippen MR) is 88.9 cm³/mol. The summed E-state index contributed by atoms with van der Waals surface area (Å²) >= 11 is 1.34. The van der Waals surface area contributed by atoms with Crippen LogP contribution in [0.2, 0.25) is 0 Å². The highest BCUT2D eigenvalue weighted by atomic mass is 32.2. The molecule has 22 heavy (non-hydrogen) atoms. The minimum atomic E-state index is -3.58. The lowest BCUT2D eigenvalue weighted by molar-refractivity contribution is 0.601. The van der Waals surface area contributed by atoms with Crippen molar-refractivity contribution in [2.75, 3.05) is 4.72 Å². The fourth-order valence-electron chi connectivity index (χ4n) is 2.81. The fourth-order valence-corrected chi connectivity index (χ4v) is 4.96. The van der Waals surface area contributed by atoms with Gasteiger partial charge in [-0.05, 0) is 54.7 Å². The van der Waals surface area contributed by atoms with E-state index in [1.54, 1.807) is 12.1 Å². The van der Waals surface area contributed by atoms with Crippen LogP contribution >= 0.6 is 11.3 Å². The molecule has 0 saturated carbocycles. The van der Waals surface area contributed by atoms with E-state index >= 15 is 0 Å². The molecule has 0 bridgehead atoms. The number of thiazole rings is 1. The van der Waals surface area contributed by atoms with Gasteiger partial charge in [0.1, 0.15) is 0 Å². The lowest BCUT2D eigenvalue weighted by atomic mass is 10.1. The van der Waals surface area contributed by atoms with Crippen LogP contribution in [0.1, 0.15) is 17.5 Å². The smallest absolute Gasteiger partial charge is 0.255 e. The largest absolute Gasteiger partial charge is 0.263 e. The van der Waals surface area contributed by atoms with Crippen LogP contribution in [0, 0.1) is 0 Å². The summed E-state index contributed by atoms with van der Waals surface area (Å²) < 4.78 is 28.6. The third-order valence-corrected chi connectivity index (χ3v) is 6.31. The number of aromatic nitrogens is 1. The normalized spacial score (nSPS) is 14.2. The number of sulfonamides is 1. The summed E-state index contributed by atoms with van der Waals surface area (Å²) in [6.45, 7) is 0. The number of para-hydroxylation sites is 1. The van der Waals surface area contributed by atoms with Crippen molar-refractivity contribution in [1.29, 1.82) is 0 Å². The molecule has 1 heterocycles. The molecule has 0 aliphatic heterocycles. The van der Waals surface area contributed by atoms with E-state index in [9.17, 15) is 8.42 Å². The van der Waals surface area contributed by atoms with Crippen molar-refractivity contribution in [2.45, 2.75) is 24.2 Å². The molecule has 3 aromatic rings. The summed E-state index contributed by atoms with van der Waals surface area (Å²) in [5.74, 6) is 0. The highest BCUT2D eigenvalue weighted by molar-refractivity contribution is 7.93. The Bertz CT molecular complexity index is 928. The number of aryl methyl sites for hydroxylation is 2. The standard InChI is InChI=1S/C16H14N2O2S2/c19-22(20,13-9-8-11-4-3-5-12(11)10-13)18-16-17-14-6-1-2-7-15(14)21-16/h1-2,6-10H,3-5H2,(H,17,18). The molecule has 1 aromatic heterocycles. The molecule has 6 heteroatoms. The highest BCUT2D eigenvalue weighted by Gasteiger charge is 2.19. The van der Waals surface area contributed by atoms with Crippen LogP contribution in [0.4, 0.5) is 5.13 Å². The van der Waals surface area contributed by atoms with Gasteiger partial charge < -0.3 is 0 Å². The average molecular weight is 330 g/mol. The van der Waals surface area contributed by atoms with Crippen molar-refractivity contribution >= 4 is 36.7 Å². The Kier molecular flexibility index (Phi) is 3.16. The van der Waals surface area contributed by atoms with Gasteiger partial charge in [0.15, 0.2) is 5.13 Å². The van der Waals surface area contributed by atoms with Crippen molar-refractivity contribution < 1.29 is 8.42 Å². The number of hydrogen-bond acceptors (Lipinski definition) is 4. The van der Waals surface area contributed by atoms with Crippen molar-refractivity contribution in [3.05, 3.63) is 53.6 Å². The number of nitrogens with zero attached hydrogens (tertiary/aromatic N) is 1. The van der Waals surface area contributed by atoms with Gasteiger partial charge in [0.2, 0.25) is 0 Å². The van der Waals surface area contributed by atoms with Crippen molar-refractivity contribution in [3.63, 3.8) is 0 Å². The predicted octanol–water partition coefficient (Wildman–Crippen LogP) is 3.59. The molecule has 1 aliphatic rings. The maximum Gasteiger partial charge on any atom is 0.263 e. The molecule has 2 aromatic carbocycles. The molecule has 4 rings (SSSR count). The Labute approximate surface area is 132 Å². The third kappa shape index (κ3) is 2.38. The zero-order valence-electron chi connectivity index (χ0n) is 11.7. The Morgan fingerprint density at radius 1 is 1.05 bits per heavy atom. The third-order valence-electron chi connectivity index (χ3n) is 3.90. The van der Waals surface area contributed by atoms with E-state index in [-0.39, 0.29) is 0 Å². The Morgan fingerprint density at radius 3 is 2.73 bits per heavy atom. The number of anilines is 1. The minimum absolute atomic E-state index is 0.312. The second kappa shape index (κ2) is 5.07. The van der Waals surface area contributed by atoms with Crippen LogP contribution in [-0.2, 0) is 22.9 Å². The Hall–Kier alpha value is -1.92. The topological polar surface area (TPSA) is 59.1 Å². The van der Waals surface area contributed by atoms with E-state index in [4.69, 9.17) is 0 Å². The van der Waals surface area contributed by atoms with Crippen molar-refractivity contribution in [1.82, 2.24) is 4.98 Å². The van der Waals surface area contributed by atoms with E-state index in [1.807, 2.05) is 30.3 Å². The zero-order chi connectivity index (χ0) is 15.2. The Morgan fingerprint density at radius 2 is 1.86 bits per heavy atom. The summed E-state index contributed by atoms with van der Waals surface area (Å²) in [6.07, 6.45) is 3.10. The van der Waals surface area contributed by atoms with E-state index in [1.165, 1.54) is 16.9 Å². The number of rotatable bonds is 3. The van der Waals surface area contributed by atoms with Crippen LogP contribution in [0.3, 0.4) is 0 Å². The van der Waals surface area contributed by atoms with Gasteiger partial charge in [-0.25, -0.2) is 13.4 Å². The number of fused-ring (bicyclic) bond motifs is 2. The molecule has 0 fully saturated rings. The van der Waals surface area contributed by atoms with Gasteiger partial charge in [-0.15, -0.1) is 0 Å². The van der Waals surface area contributed by atoms with Gasteiger partial charge in [-0.1, -0.05) is 29.5 Å². The van der Waals surface area contributed by atoms with Crippen LogP contribution in [0.5, 0.6) is 0 Å². The lowest BCUT2D eigenvalue weighted by Crippen LogP contribution is -2.13. The van der Waals surface area contributed by atoms with Crippen LogP contribution < -0.4 is 4.72 Å². The molecular weight excluding hydrogens is 316 g/mol. The number of nitrogens with one attached hydrogen (secondary N) is 1. The van der Waals surface area contributed by atoms with Gasteiger partial charge in [0, 0.05) is 0 Å². The van der Waals surface area contributed by atoms with Gasteiger partial charge >= 0.3 is 0 Å². The van der Waals surface area contributed by atoms with E-state index < -0.39 is 10.0 Å². The molecule has 0 amide bonds. The summed E-state index contributed by atoms with van der Waals surface area (Å²) in [5, 5.41) is 0.404. The average Bonchev–Trinajstić information content (AvgIpc) is 3.11. The van der Waals surface area contributed by atoms with Crippen molar-refractivity contribution in [2.24, 2.45) is 0 Å². The minimum Gasteiger partial charge on any atom is -0.255 e. The highest BCUT2D eigenvalue weighted by Crippen LogP contribution is 2.29. The van der Waals surface area contributed by atoms with E-state index in [0.29, 0.717) is 10.0 Å². The first-order valence-corrected chi connectivity index (χ1v) is 9.42. The first-order valence-electron chi connectivity index (χ1n) is 7.12. The summed E-state index contributed by atoms with van der Waals surface area (Å²) in [7, 11) is -3.58. The lowest BCUT2D eigenvalue weighted by Gasteiger charge is -2.07. The Balaban J connectivity index is 1.68. The monoisotopic (exact) mass is 330 g/mol. The summed E-state index contributed by atoms with van der Waals surface area (Å²) in [5.41, 5.74) is 3.21. The van der Waals surface area contributed by atoms with Gasteiger partial charge in [0.05, 0.1) is 15.1 Å². The number of hydrogen-bond donors (Lipinski definition) is 1. The van der Waals surface area contributed by atoms with Crippen LogP contribution in [-0.4, -0.2) is 13.4 Å². The van der Waals surface area contributed by atoms with Gasteiger partial charge in [-0.3, -0.25) is 4.72 Å². The molecule has 0 radical (unpaired) electrons. The zero-order valence-corrected chi connectivity index (χ0v) is 13.4. The number of benzene rings is 2. The molecule has 0 atom stereocenters. The quantitative estimate of drug-likeness (QED) is 0.798. The first kappa shape index (κ1) is 13.7. The molecule has 112 valence electrons. The van der Waals surface area contributed by atoms with E-state index in [2.05, 4.69) is 9.71 Å². The molecular formula is C16H14N2O2S2.